The summed E-state index contributed by atoms with van der Waals surface area (Å²) in [6, 6.07) is 4.72. The van der Waals surface area contributed by atoms with Crippen molar-refractivity contribution in [2.24, 2.45) is 11.7 Å². The fraction of sp³-hybridized carbons (Fsp3) is 0.294. The van der Waals surface area contributed by atoms with E-state index in [-0.39, 0.29) is 17.5 Å². The predicted octanol–water partition coefficient (Wildman–Crippen LogP) is 2.90. The minimum absolute atomic E-state index is 0.0336. The van der Waals surface area contributed by atoms with E-state index in [4.69, 9.17) is 10.2 Å². The lowest BCUT2D eigenvalue weighted by molar-refractivity contribution is -0.118. The number of benzene rings is 1. The number of furan rings is 1. The second-order valence-electron chi connectivity index (χ2n) is 5.80. The van der Waals surface area contributed by atoms with Crippen LogP contribution in [-0.4, -0.2) is 17.9 Å². The van der Waals surface area contributed by atoms with Crippen LogP contribution in [0.2, 0.25) is 0 Å². The lowest BCUT2D eigenvalue weighted by Crippen LogP contribution is -2.39. The van der Waals surface area contributed by atoms with Crippen LogP contribution in [0.4, 0.5) is 15.8 Å². The molecule has 2 rings (SSSR count). The molecule has 1 aromatic heterocycles. The monoisotopic (exact) mass is 333 g/mol. The lowest BCUT2D eigenvalue weighted by atomic mass is 10.0. The van der Waals surface area contributed by atoms with Gasteiger partial charge >= 0.3 is 0 Å². The van der Waals surface area contributed by atoms with Crippen LogP contribution >= 0.6 is 0 Å². The number of amides is 2. The molecule has 0 saturated heterocycles. The number of carbonyl (C=O) groups is 2. The molecule has 0 fully saturated rings. The van der Waals surface area contributed by atoms with Crippen LogP contribution in [0.25, 0.3) is 0 Å². The topological polar surface area (TPSA) is 97.4 Å². The first-order valence-electron chi connectivity index (χ1n) is 7.51. The van der Waals surface area contributed by atoms with Crippen molar-refractivity contribution in [3.8, 4) is 0 Å². The molecule has 0 aliphatic heterocycles. The number of anilines is 2. The molecule has 1 unspecified atom stereocenters. The summed E-state index contributed by atoms with van der Waals surface area (Å²) in [5.74, 6) is -1.09. The van der Waals surface area contributed by atoms with Crippen LogP contribution in [0, 0.1) is 18.7 Å². The van der Waals surface area contributed by atoms with Crippen molar-refractivity contribution in [2.45, 2.75) is 26.8 Å². The number of hydrogen-bond donors (Lipinski definition) is 3. The smallest absolute Gasteiger partial charge is 0.259 e. The summed E-state index contributed by atoms with van der Waals surface area (Å²) in [7, 11) is 0. The zero-order valence-electron chi connectivity index (χ0n) is 13.7. The van der Waals surface area contributed by atoms with Crippen LogP contribution in [-0.2, 0) is 4.79 Å². The molecule has 6 nitrogen and oxygen atoms in total. The number of halogens is 1. The van der Waals surface area contributed by atoms with Gasteiger partial charge in [-0.2, -0.15) is 0 Å². The first kappa shape index (κ1) is 17.7. The number of rotatable bonds is 5. The minimum atomic E-state index is -0.679. The molecule has 2 aromatic rings. The molecule has 0 aliphatic rings. The fourth-order valence-corrected chi connectivity index (χ4v) is 2.04. The van der Waals surface area contributed by atoms with Gasteiger partial charge in [-0.25, -0.2) is 4.39 Å². The van der Waals surface area contributed by atoms with E-state index in [1.807, 2.05) is 13.8 Å². The highest BCUT2D eigenvalue weighted by Crippen LogP contribution is 2.21. The zero-order valence-corrected chi connectivity index (χ0v) is 13.7. The summed E-state index contributed by atoms with van der Waals surface area (Å²) >= 11 is 0. The van der Waals surface area contributed by atoms with Crippen LogP contribution in [0.15, 0.2) is 34.9 Å². The Hall–Kier alpha value is -2.67. The Morgan fingerprint density at radius 2 is 1.92 bits per heavy atom. The number of aryl methyl sites for hydroxylation is 1. The van der Waals surface area contributed by atoms with Gasteiger partial charge in [0.1, 0.15) is 11.6 Å². The predicted molar refractivity (Wildman–Crippen MR) is 89.2 cm³/mol. The first-order chi connectivity index (χ1) is 11.3. The van der Waals surface area contributed by atoms with Gasteiger partial charge in [-0.1, -0.05) is 13.8 Å². The Balaban J connectivity index is 2.15. The SMILES string of the molecule is Cc1occc1C(=O)Nc1cc(NC(=O)C(N)C(C)C)ccc1F. The van der Waals surface area contributed by atoms with E-state index in [1.165, 1.54) is 24.5 Å². The average Bonchev–Trinajstić information content (AvgIpc) is 2.95. The van der Waals surface area contributed by atoms with Gasteiger partial charge in [0.15, 0.2) is 0 Å². The summed E-state index contributed by atoms with van der Waals surface area (Å²) in [5, 5.41) is 5.07. The number of hydrogen-bond acceptors (Lipinski definition) is 4. The summed E-state index contributed by atoms with van der Waals surface area (Å²) < 4.78 is 19.0. The third-order valence-electron chi connectivity index (χ3n) is 3.61. The van der Waals surface area contributed by atoms with Crippen LogP contribution in [0.3, 0.4) is 0 Å². The molecule has 0 bridgehead atoms. The summed E-state index contributed by atoms with van der Waals surface area (Å²) in [5.41, 5.74) is 6.38. The highest BCUT2D eigenvalue weighted by atomic mass is 19.1. The van der Waals surface area contributed by atoms with E-state index >= 15 is 0 Å². The molecule has 0 saturated carbocycles. The number of nitrogens with two attached hydrogens (primary N) is 1. The van der Waals surface area contributed by atoms with Gasteiger partial charge in [-0.3, -0.25) is 9.59 Å². The van der Waals surface area contributed by atoms with Gasteiger partial charge < -0.3 is 20.8 Å². The van der Waals surface area contributed by atoms with Crippen molar-refractivity contribution in [3.05, 3.63) is 47.7 Å². The molecule has 0 aliphatic carbocycles. The van der Waals surface area contributed by atoms with Gasteiger partial charge in [0.05, 0.1) is 23.6 Å². The van der Waals surface area contributed by atoms with E-state index in [0.29, 0.717) is 17.0 Å². The minimum Gasteiger partial charge on any atom is -0.469 e. The average molecular weight is 333 g/mol. The molecular formula is C17H20FN3O3. The summed E-state index contributed by atoms with van der Waals surface area (Å²) in [6.45, 7) is 5.29. The van der Waals surface area contributed by atoms with Crippen molar-refractivity contribution in [2.75, 3.05) is 10.6 Å². The fourth-order valence-electron chi connectivity index (χ4n) is 2.04. The molecule has 1 atom stereocenters. The largest absolute Gasteiger partial charge is 0.469 e. The maximum Gasteiger partial charge on any atom is 0.259 e. The van der Waals surface area contributed by atoms with Crippen molar-refractivity contribution >= 4 is 23.2 Å². The van der Waals surface area contributed by atoms with Crippen molar-refractivity contribution in [1.82, 2.24) is 0 Å². The van der Waals surface area contributed by atoms with Crippen LogP contribution in [0.1, 0.15) is 30.0 Å². The maximum absolute atomic E-state index is 13.9. The van der Waals surface area contributed by atoms with Gasteiger partial charge in [-0.05, 0) is 37.1 Å². The van der Waals surface area contributed by atoms with Crippen molar-refractivity contribution < 1.29 is 18.4 Å². The maximum atomic E-state index is 13.9. The second kappa shape index (κ2) is 7.27. The Bertz CT molecular complexity index is 755. The van der Waals surface area contributed by atoms with Crippen LogP contribution < -0.4 is 16.4 Å². The second-order valence-corrected chi connectivity index (χ2v) is 5.80. The molecule has 0 spiro atoms. The van der Waals surface area contributed by atoms with E-state index in [2.05, 4.69) is 10.6 Å². The highest BCUT2D eigenvalue weighted by molar-refractivity contribution is 6.05. The first-order valence-corrected chi connectivity index (χ1v) is 7.51. The molecule has 1 aromatic carbocycles. The molecular weight excluding hydrogens is 313 g/mol. The summed E-state index contributed by atoms with van der Waals surface area (Å²) in [6.07, 6.45) is 1.38. The summed E-state index contributed by atoms with van der Waals surface area (Å²) in [4.78, 5) is 24.1. The van der Waals surface area contributed by atoms with Gasteiger partial charge in [0.2, 0.25) is 5.91 Å². The van der Waals surface area contributed by atoms with Crippen LogP contribution in [0.5, 0.6) is 0 Å². The molecule has 7 heteroatoms. The molecule has 128 valence electrons. The zero-order chi connectivity index (χ0) is 17.9. The van der Waals surface area contributed by atoms with Gasteiger partial charge in [-0.15, -0.1) is 0 Å². The van der Waals surface area contributed by atoms with E-state index in [9.17, 15) is 14.0 Å². The van der Waals surface area contributed by atoms with Gasteiger partial charge in [0.25, 0.3) is 5.91 Å². The normalized spacial score (nSPS) is 12.1. The van der Waals surface area contributed by atoms with Gasteiger partial charge in [0, 0.05) is 5.69 Å². The molecule has 4 N–H and O–H groups in total. The number of nitrogens with one attached hydrogen (secondary N) is 2. The lowest BCUT2D eigenvalue weighted by Gasteiger charge is -2.16. The Kier molecular flexibility index (Phi) is 5.35. The Labute approximate surface area is 139 Å². The third kappa shape index (κ3) is 3.99. The van der Waals surface area contributed by atoms with Crippen molar-refractivity contribution in [1.29, 1.82) is 0 Å². The van der Waals surface area contributed by atoms with E-state index in [1.54, 1.807) is 6.92 Å². The molecule has 0 radical (unpaired) electrons. The standard InChI is InChI=1S/C17H20FN3O3/c1-9(2)15(19)17(23)20-11-4-5-13(18)14(8-11)21-16(22)12-6-7-24-10(12)3/h4-9,15H,19H2,1-3H3,(H,20,23)(H,21,22). The van der Waals surface area contributed by atoms with E-state index < -0.39 is 17.8 Å². The Morgan fingerprint density at radius 1 is 1.21 bits per heavy atom. The van der Waals surface area contributed by atoms with E-state index in [0.717, 1.165) is 6.07 Å². The molecule has 1 heterocycles. The van der Waals surface area contributed by atoms with Crippen molar-refractivity contribution in [3.63, 3.8) is 0 Å². The molecule has 2 amide bonds. The third-order valence-corrected chi connectivity index (χ3v) is 3.61. The number of carbonyl (C=O) groups excluding carboxylic acids is 2. The Morgan fingerprint density at radius 3 is 2.50 bits per heavy atom. The highest BCUT2D eigenvalue weighted by Gasteiger charge is 2.18. The molecule has 24 heavy (non-hydrogen) atoms. The quantitative estimate of drug-likeness (QED) is 0.783.